The van der Waals surface area contributed by atoms with Gasteiger partial charge in [0.25, 0.3) is 0 Å². The maximum Gasteiger partial charge on any atom is 0.176 e. The Kier molecular flexibility index (Phi) is 3.91. The van der Waals surface area contributed by atoms with Gasteiger partial charge in [0.05, 0.1) is 6.20 Å². The molecule has 0 fully saturated rings. The maximum atomic E-state index is 12.7. The van der Waals surface area contributed by atoms with Crippen LogP contribution in [0.3, 0.4) is 0 Å². The zero-order valence-corrected chi connectivity index (χ0v) is 10.8. The number of aromatic nitrogens is 2. The minimum absolute atomic E-state index is 0.130. The van der Waals surface area contributed by atoms with E-state index in [0.29, 0.717) is 12.6 Å². The van der Waals surface area contributed by atoms with Crippen LogP contribution in [0.1, 0.15) is 30.3 Å². The first kappa shape index (κ1) is 12.3. The Hall–Kier alpha value is -1.20. The summed E-state index contributed by atoms with van der Waals surface area (Å²) in [6.45, 7) is 5.64. The van der Waals surface area contributed by atoms with Crippen molar-refractivity contribution in [3.63, 3.8) is 0 Å². The summed E-state index contributed by atoms with van der Waals surface area (Å²) in [5, 5.41) is 7.41. The van der Waals surface area contributed by atoms with E-state index in [-0.39, 0.29) is 5.13 Å². The first-order chi connectivity index (χ1) is 8.15. The van der Waals surface area contributed by atoms with Crippen LogP contribution in [0, 0.1) is 5.13 Å². The molecule has 2 aromatic rings. The van der Waals surface area contributed by atoms with Crippen molar-refractivity contribution < 1.29 is 4.39 Å². The Morgan fingerprint density at radius 3 is 2.82 bits per heavy atom. The summed E-state index contributed by atoms with van der Waals surface area (Å²) >= 11 is 1.18. The van der Waals surface area contributed by atoms with E-state index in [2.05, 4.69) is 24.3 Å². The molecule has 2 heterocycles. The van der Waals surface area contributed by atoms with Crippen LogP contribution in [0.5, 0.6) is 0 Å². The molecule has 2 rings (SSSR count). The molecule has 0 bridgehead atoms. The first-order valence-corrected chi connectivity index (χ1v) is 6.45. The highest BCUT2D eigenvalue weighted by molar-refractivity contribution is 7.10. The van der Waals surface area contributed by atoms with Crippen molar-refractivity contribution in [2.24, 2.45) is 0 Å². The molecule has 0 aliphatic carbocycles. The van der Waals surface area contributed by atoms with E-state index >= 15 is 0 Å². The van der Waals surface area contributed by atoms with Crippen LogP contribution in [-0.4, -0.2) is 9.78 Å². The minimum Gasteiger partial charge on any atom is -0.308 e. The molecule has 0 saturated heterocycles. The lowest BCUT2D eigenvalue weighted by Crippen LogP contribution is -2.11. The van der Waals surface area contributed by atoms with E-state index in [1.165, 1.54) is 17.4 Å². The van der Waals surface area contributed by atoms with Gasteiger partial charge < -0.3 is 5.32 Å². The molecule has 0 aliphatic heterocycles. The van der Waals surface area contributed by atoms with Gasteiger partial charge in [0.2, 0.25) is 0 Å². The van der Waals surface area contributed by atoms with Crippen molar-refractivity contribution in [3.05, 3.63) is 40.1 Å². The van der Waals surface area contributed by atoms with Gasteiger partial charge >= 0.3 is 0 Å². The maximum absolute atomic E-state index is 12.7. The summed E-state index contributed by atoms with van der Waals surface area (Å²) in [6.07, 6.45) is 3.90. The molecule has 0 atom stereocenters. The van der Waals surface area contributed by atoms with E-state index < -0.39 is 0 Å². The van der Waals surface area contributed by atoms with E-state index in [9.17, 15) is 4.39 Å². The van der Waals surface area contributed by atoms with E-state index in [1.807, 2.05) is 23.1 Å². The van der Waals surface area contributed by atoms with Crippen molar-refractivity contribution in [1.29, 1.82) is 0 Å². The van der Waals surface area contributed by atoms with E-state index in [4.69, 9.17) is 0 Å². The molecule has 3 nitrogen and oxygen atoms in total. The predicted molar refractivity (Wildman–Crippen MR) is 67.4 cm³/mol. The highest BCUT2D eigenvalue weighted by Gasteiger charge is 2.02. The summed E-state index contributed by atoms with van der Waals surface area (Å²) in [5.41, 5.74) is 1.15. The number of nitrogens with one attached hydrogen (secondary N) is 1. The zero-order valence-electron chi connectivity index (χ0n) is 9.98. The van der Waals surface area contributed by atoms with Crippen LogP contribution >= 0.6 is 11.3 Å². The minimum atomic E-state index is -0.130. The summed E-state index contributed by atoms with van der Waals surface area (Å²) in [5.74, 6) is 0. The van der Waals surface area contributed by atoms with Crippen molar-refractivity contribution in [2.45, 2.75) is 33.0 Å². The van der Waals surface area contributed by atoms with E-state index in [0.717, 1.165) is 17.0 Å². The van der Waals surface area contributed by atoms with Gasteiger partial charge in [-0.25, -0.2) is 0 Å². The zero-order chi connectivity index (χ0) is 12.3. The van der Waals surface area contributed by atoms with E-state index in [1.54, 1.807) is 0 Å². The Morgan fingerprint density at radius 1 is 1.41 bits per heavy atom. The smallest absolute Gasteiger partial charge is 0.176 e. The van der Waals surface area contributed by atoms with Crippen LogP contribution in [0.4, 0.5) is 4.39 Å². The van der Waals surface area contributed by atoms with Gasteiger partial charge in [-0.15, -0.1) is 11.3 Å². The third kappa shape index (κ3) is 3.38. The van der Waals surface area contributed by atoms with Crippen LogP contribution < -0.4 is 5.32 Å². The predicted octanol–water partition coefficient (Wildman–Crippen LogP) is 2.95. The monoisotopic (exact) mass is 253 g/mol. The normalized spacial score (nSPS) is 11.3. The van der Waals surface area contributed by atoms with Gasteiger partial charge in [-0.05, 0) is 26.0 Å². The molecule has 92 valence electrons. The molecule has 0 unspecified atom stereocenters. The van der Waals surface area contributed by atoms with Gasteiger partial charge in [0, 0.05) is 35.8 Å². The van der Waals surface area contributed by atoms with Crippen LogP contribution in [0.15, 0.2) is 24.5 Å². The second kappa shape index (κ2) is 5.42. The largest absolute Gasteiger partial charge is 0.308 e. The fourth-order valence-corrected chi connectivity index (χ4v) is 2.22. The number of thiophene rings is 1. The number of rotatable bonds is 5. The highest BCUT2D eigenvalue weighted by Crippen LogP contribution is 2.14. The Bertz CT molecular complexity index is 476. The highest BCUT2D eigenvalue weighted by atomic mass is 32.1. The molecule has 0 radical (unpaired) electrons. The Labute approximate surface area is 104 Å². The molecule has 17 heavy (non-hydrogen) atoms. The van der Waals surface area contributed by atoms with Gasteiger partial charge in [0.15, 0.2) is 5.13 Å². The van der Waals surface area contributed by atoms with Gasteiger partial charge in [-0.3, -0.25) is 4.68 Å². The quantitative estimate of drug-likeness (QED) is 0.888. The molecular weight excluding hydrogens is 237 g/mol. The summed E-state index contributed by atoms with van der Waals surface area (Å²) in [6, 6.07) is 3.69. The third-order valence-electron chi connectivity index (χ3n) is 2.44. The molecule has 0 aliphatic rings. The summed E-state index contributed by atoms with van der Waals surface area (Å²) in [4.78, 5) is 1.01. The van der Waals surface area contributed by atoms with Crippen LogP contribution in [-0.2, 0) is 13.1 Å². The van der Waals surface area contributed by atoms with Gasteiger partial charge in [-0.1, -0.05) is 0 Å². The second-order valence-corrected chi connectivity index (χ2v) is 5.35. The van der Waals surface area contributed by atoms with Crippen molar-refractivity contribution in [3.8, 4) is 0 Å². The lowest BCUT2D eigenvalue weighted by Gasteiger charge is -2.03. The fourth-order valence-electron chi connectivity index (χ4n) is 1.53. The lowest BCUT2D eigenvalue weighted by molar-refractivity contribution is 0.531. The van der Waals surface area contributed by atoms with Gasteiger partial charge in [0.1, 0.15) is 0 Å². The lowest BCUT2D eigenvalue weighted by atomic mass is 10.3. The standard InChI is InChI=1S/C12H16FN3S/c1-9(2)16-8-10(6-15-16)5-14-7-11-3-4-12(13)17-11/h3-4,6,8-9,14H,5,7H2,1-2H3. The van der Waals surface area contributed by atoms with Crippen molar-refractivity contribution in [2.75, 3.05) is 0 Å². The van der Waals surface area contributed by atoms with Crippen molar-refractivity contribution >= 4 is 11.3 Å². The number of hydrogen-bond donors (Lipinski definition) is 1. The van der Waals surface area contributed by atoms with Gasteiger partial charge in [-0.2, -0.15) is 9.49 Å². The molecular formula is C12H16FN3S. The van der Waals surface area contributed by atoms with Crippen LogP contribution in [0.25, 0.3) is 0 Å². The molecule has 0 saturated carbocycles. The number of halogens is 1. The SMILES string of the molecule is CC(C)n1cc(CNCc2ccc(F)s2)cn1. The van der Waals surface area contributed by atoms with Crippen LogP contribution in [0.2, 0.25) is 0 Å². The Balaban J connectivity index is 1.81. The first-order valence-electron chi connectivity index (χ1n) is 5.63. The molecule has 1 N–H and O–H groups in total. The topological polar surface area (TPSA) is 29.9 Å². The molecule has 5 heteroatoms. The average molecular weight is 253 g/mol. The van der Waals surface area contributed by atoms with Crippen molar-refractivity contribution in [1.82, 2.24) is 15.1 Å². The molecule has 0 aromatic carbocycles. The average Bonchev–Trinajstić information content (AvgIpc) is 2.88. The second-order valence-electron chi connectivity index (χ2n) is 4.23. The molecule has 2 aromatic heterocycles. The Morgan fingerprint density at radius 2 is 2.24 bits per heavy atom. The fraction of sp³-hybridized carbons (Fsp3) is 0.417. The summed E-state index contributed by atoms with van der Waals surface area (Å²) < 4.78 is 14.7. The molecule has 0 spiro atoms. The number of nitrogens with zero attached hydrogens (tertiary/aromatic N) is 2. The summed E-state index contributed by atoms with van der Waals surface area (Å²) in [7, 11) is 0. The number of hydrogen-bond acceptors (Lipinski definition) is 3. The third-order valence-corrected chi connectivity index (χ3v) is 3.31. The molecule has 0 amide bonds.